The third-order valence-electron chi connectivity index (χ3n) is 7.36. The van der Waals surface area contributed by atoms with Gasteiger partial charge in [-0.1, -0.05) is 23.7 Å². The number of ether oxygens (including phenoxy) is 1. The molecule has 2 atom stereocenters. The molecular formula is C27H37ClN4O4S. The molecule has 4 rings (SSSR count). The monoisotopic (exact) mass is 548 g/mol. The molecule has 0 bridgehead atoms. The van der Waals surface area contributed by atoms with E-state index in [1.54, 1.807) is 19.9 Å². The van der Waals surface area contributed by atoms with Crippen LogP contribution in [0.25, 0.3) is 11.1 Å². The molecule has 2 saturated heterocycles. The lowest BCUT2D eigenvalue weighted by Crippen LogP contribution is -2.46. The summed E-state index contributed by atoms with van der Waals surface area (Å²) in [5.74, 6) is 0.296. The number of benzene rings is 1. The number of hydrogen-bond donors (Lipinski definition) is 2. The van der Waals surface area contributed by atoms with E-state index in [4.69, 9.17) is 16.3 Å². The fraction of sp³-hybridized carbons (Fsp3) is 0.556. The second-order valence-electron chi connectivity index (χ2n) is 10.3. The number of carbonyl (C=O) groups excluding carboxylic acids is 1. The van der Waals surface area contributed by atoms with Gasteiger partial charge in [0, 0.05) is 49.8 Å². The van der Waals surface area contributed by atoms with E-state index < -0.39 is 21.2 Å². The lowest BCUT2D eigenvalue weighted by molar-refractivity contribution is -0.120. The molecule has 2 fully saturated rings. The van der Waals surface area contributed by atoms with Gasteiger partial charge in [0.25, 0.3) is 0 Å². The van der Waals surface area contributed by atoms with E-state index in [-0.39, 0.29) is 12.5 Å². The number of sulfonamides is 1. The standard InChI is InChI=1S/C27H37ClN4O4S/c1-18(2)37(34,35)32-11-5-7-22(17-32)27(33)31-26-15-24(25(28)16-29-26)21-6-4-8-23(14-21)30-19(3)20-9-12-36-13-10-20/h4,6,8,14-16,18-20,22,30H,5,7,9-13,17H2,1-3H3,(H,29,31,33)/t19-,22+/m0/s1. The molecule has 202 valence electrons. The molecule has 1 aromatic heterocycles. The van der Waals surface area contributed by atoms with E-state index in [1.807, 2.05) is 18.2 Å². The maximum atomic E-state index is 13.0. The zero-order valence-electron chi connectivity index (χ0n) is 21.7. The Morgan fingerprint density at radius 1 is 1.16 bits per heavy atom. The lowest BCUT2D eigenvalue weighted by atomic mass is 9.92. The minimum absolute atomic E-state index is 0.186. The molecule has 3 heterocycles. The summed E-state index contributed by atoms with van der Waals surface area (Å²) < 4.78 is 32.1. The molecule has 1 aromatic carbocycles. The molecule has 0 spiro atoms. The molecule has 1 amide bonds. The number of hydrogen-bond acceptors (Lipinski definition) is 6. The molecule has 2 aliphatic rings. The Morgan fingerprint density at radius 2 is 1.92 bits per heavy atom. The minimum Gasteiger partial charge on any atom is -0.382 e. The topological polar surface area (TPSA) is 101 Å². The zero-order valence-corrected chi connectivity index (χ0v) is 23.3. The fourth-order valence-electron chi connectivity index (χ4n) is 5.02. The highest BCUT2D eigenvalue weighted by Gasteiger charge is 2.34. The zero-order chi connectivity index (χ0) is 26.6. The molecule has 0 unspecified atom stereocenters. The summed E-state index contributed by atoms with van der Waals surface area (Å²) in [5.41, 5.74) is 2.68. The van der Waals surface area contributed by atoms with Crippen LogP contribution in [-0.2, 0) is 19.6 Å². The molecule has 2 aliphatic heterocycles. The Morgan fingerprint density at radius 3 is 2.65 bits per heavy atom. The number of pyridine rings is 1. The second-order valence-corrected chi connectivity index (χ2v) is 13.2. The summed E-state index contributed by atoms with van der Waals surface area (Å²) in [5, 5.41) is 6.47. The molecule has 2 aromatic rings. The number of anilines is 2. The van der Waals surface area contributed by atoms with Crippen molar-refractivity contribution in [2.45, 2.75) is 57.7 Å². The van der Waals surface area contributed by atoms with Gasteiger partial charge >= 0.3 is 0 Å². The Bertz CT molecular complexity index is 1200. The summed E-state index contributed by atoms with van der Waals surface area (Å²) in [6.45, 7) is 7.78. The minimum atomic E-state index is -3.40. The van der Waals surface area contributed by atoms with Crippen molar-refractivity contribution in [3.8, 4) is 11.1 Å². The van der Waals surface area contributed by atoms with Gasteiger partial charge in [-0.2, -0.15) is 0 Å². The number of piperidine rings is 1. The van der Waals surface area contributed by atoms with Crippen molar-refractivity contribution in [3.05, 3.63) is 41.6 Å². The van der Waals surface area contributed by atoms with Gasteiger partial charge in [0.15, 0.2) is 0 Å². The van der Waals surface area contributed by atoms with Crippen LogP contribution in [-0.4, -0.2) is 61.2 Å². The molecule has 10 heteroatoms. The number of carbonyl (C=O) groups is 1. The molecule has 0 radical (unpaired) electrons. The first-order valence-electron chi connectivity index (χ1n) is 13.0. The Hall–Kier alpha value is -2.20. The first kappa shape index (κ1) is 27.8. The molecule has 0 saturated carbocycles. The van der Waals surface area contributed by atoms with Crippen LogP contribution >= 0.6 is 11.6 Å². The van der Waals surface area contributed by atoms with Crippen LogP contribution in [0, 0.1) is 11.8 Å². The SMILES string of the molecule is CC(C)S(=O)(=O)N1CCC[C@@H](C(=O)Nc2cc(-c3cccc(N[C@@H](C)C4CCOCC4)c3)c(Cl)cn2)C1. The van der Waals surface area contributed by atoms with Crippen LogP contribution in [0.15, 0.2) is 36.5 Å². The van der Waals surface area contributed by atoms with Gasteiger partial charge < -0.3 is 15.4 Å². The second kappa shape index (κ2) is 12.1. The van der Waals surface area contributed by atoms with Gasteiger partial charge in [-0.15, -0.1) is 0 Å². The van der Waals surface area contributed by atoms with Gasteiger partial charge in [-0.05, 0) is 76.1 Å². The number of nitrogens with one attached hydrogen (secondary N) is 2. The maximum Gasteiger partial charge on any atom is 0.229 e. The van der Waals surface area contributed by atoms with Gasteiger partial charge in [-0.3, -0.25) is 4.79 Å². The highest BCUT2D eigenvalue weighted by atomic mass is 35.5. The summed E-state index contributed by atoms with van der Waals surface area (Å²) in [6.07, 6.45) is 4.92. The Balaban J connectivity index is 1.46. The maximum absolute atomic E-state index is 13.0. The lowest BCUT2D eigenvalue weighted by Gasteiger charge is -2.32. The van der Waals surface area contributed by atoms with Crippen molar-refractivity contribution < 1.29 is 17.9 Å². The number of nitrogens with zero attached hydrogens (tertiary/aromatic N) is 2. The van der Waals surface area contributed by atoms with Crippen LogP contribution in [0.4, 0.5) is 11.5 Å². The predicted octanol–water partition coefficient (Wildman–Crippen LogP) is 5.02. The van der Waals surface area contributed by atoms with Crippen molar-refractivity contribution in [3.63, 3.8) is 0 Å². The van der Waals surface area contributed by atoms with Crippen molar-refractivity contribution in [2.75, 3.05) is 36.9 Å². The average molecular weight is 549 g/mol. The van der Waals surface area contributed by atoms with E-state index in [9.17, 15) is 13.2 Å². The van der Waals surface area contributed by atoms with Gasteiger partial charge in [0.1, 0.15) is 5.82 Å². The molecule has 2 N–H and O–H groups in total. The van der Waals surface area contributed by atoms with Crippen molar-refractivity contribution in [2.24, 2.45) is 11.8 Å². The molecular weight excluding hydrogens is 512 g/mol. The fourth-order valence-corrected chi connectivity index (χ4v) is 6.60. The van der Waals surface area contributed by atoms with Crippen molar-refractivity contribution >= 4 is 39.0 Å². The largest absolute Gasteiger partial charge is 0.382 e. The quantitative estimate of drug-likeness (QED) is 0.480. The molecule has 37 heavy (non-hydrogen) atoms. The average Bonchev–Trinajstić information content (AvgIpc) is 2.90. The van der Waals surface area contributed by atoms with Gasteiger partial charge in [-0.25, -0.2) is 17.7 Å². The molecule has 8 nitrogen and oxygen atoms in total. The first-order chi connectivity index (χ1) is 17.6. The molecule has 0 aliphatic carbocycles. The van der Waals surface area contributed by atoms with Gasteiger partial charge in [0.2, 0.25) is 15.9 Å². The van der Waals surface area contributed by atoms with E-state index in [1.165, 1.54) is 10.5 Å². The normalized spacial score (nSPS) is 20.5. The highest BCUT2D eigenvalue weighted by Crippen LogP contribution is 2.32. The first-order valence-corrected chi connectivity index (χ1v) is 14.9. The smallest absolute Gasteiger partial charge is 0.229 e. The van der Waals surface area contributed by atoms with Gasteiger partial charge in [0.05, 0.1) is 16.2 Å². The Kier molecular flexibility index (Phi) is 9.11. The van der Waals surface area contributed by atoms with Crippen molar-refractivity contribution in [1.29, 1.82) is 0 Å². The Labute approximate surface area is 225 Å². The number of aromatic nitrogens is 1. The number of amides is 1. The van der Waals surface area contributed by atoms with E-state index >= 15 is 0 Å². The summed E-state index contributed by atoms with van der Waals surface area (Å²) in [6, 6.07) is 10.1. The summed E-state index contributed by atoms with van der Waals surface area (Å²) in [4.78, 5) is 17.3. The van der Waals surface area contributed by atoms with E-state index in [2.05, 4.69) is 28.6 Å². The van der Waals surface area contributed by atoms with Crippen LogP contribution < -0.4 is 10.6 Å². The highest BCUT2D eigenvalue weighted by molar-refractivity contribution is 7.89. The summed E-state index contributed by atoms with van der Waals surface area (Å²) in [7, 11) is -3.40. The van der Waals surface area contributed by atoms with E-state index in [0.29, 0.717) is 42.2 Å². The number of rotatable bonds is 8. The predicted molar refractivity (Wildman–Crippen MR) is 148 cm³/mol. The van der Waals surface area contributed by atoms with Crippen LogP contribution in [0.3, 0.4) is 0 Å². The number of halogens is 1. The van der Waals surface area contributed by atoms with E-state index in [0.717, 1.165) is 42.9 Å². The summed E-state index contributed by atoms with van der Waals surface area (Å²) >= 11 is 6.51. The third-order valence-corrected chi connectivity index (χ3v) is 9.90. The van der Waals surface area contributed by atoms with Crippen LogP contribution in [0.5, 0.6) is 0 Å². The van der Waals surface area contributed by atoms with Crippen molar-refractivity contribution in [1.82, 2.24) is 9.29 Å². The van der Waals surface area contributed by atoms with Crippen LogP contribution in [0.2, 0.25) is 5.02 Å². The third kappa shape index (κ3) is 6.82. The van der Waals surface area contributed by atoms with Crippen LogP contribution in [0.1, 0.15) is 46.5 Å².